The zero-order valence-electron chi connectivity index (χ0n) is 7.33. The van der Waals surface area contributed by atoms with Gasteiger partial charge in [0.15, 0.2) is 5.17 Å². The van der Waals surface area contributed by atoms with Crippen LogP contribution in [-0.2, 0) is 0 Å². The van der Waals surface area contributed by atoms with Gasteiger partial charge in [-0.25, -0.2) is 0 Å². The molecule has 0 fully saturated rings. The Hall–Kier alpha value is -0.680. The molecule has 0 atom stereocenters. The Morgan fingerprint density at radius 2 is 2.38 bits per heavy atom. The highest BCUT2D eigenvalue weighted by Gasteiger charge is 2.06. The number of hydrazine groups is 1. The largest absolute Gasteiger partial charge is 0.289 e. The molecule has 2 rings (SSSR count). The third-order valence-corrected chi connectivity index (χ3v) is 3.55. The van der Waals surface area contributed by atoms with Gasteiger partial charge in [0.1, 0.15) is 5.00 Å². The third kappa shape index (κ3) is 2.16. The van der Waals surface area contributed by atoms with Crippen LogP contribution in [0.4, 0.5) is 5.00 Å². The fourth-order valence-corrected chi connectivity index (χ4v) is 2.48. The minimum atomic E-state index is 0.929. The highest BCUT2D eigenvalue weighted by atomic mass is 32.2. The van der Waals surface area contributed by atoms with Crippen molar-refractivity contribution in [3.63, 3.8) is 0 Å². The number of hydrogen-bond acceptors (Lipinski definition) is 5. The van der Waals surface area contributed by atoms with E-state index < -0.39 is 0 Å². The van der Waals surface area contributed by atoms with Crippen LogP contribution in [0.2, 0.25) is 0 Å². The fraction of sp³-hybridized carbons (Fsp3) is 0.375. The first-order valence-corrected chi connectivity index (χ1v) is 5.96. The molecule has 0 saturated carbocycles. The van der Waals surface area contributed by atoms with Gasteiger partial charge in [-0.3, -0.25) is 15.8 Å². The first kappa shape index (κ1) is 8.90. The van der Waals surface area contributed by atoms with Crippen molar-refractivity contribution in [1.82, 2.24) is 5.43 Å². The lowest BCUT2D eigenvalue weighted by molar-refractivity contribution is 1.10. The zero-order valence-corrected chi connectivity index (χ0v) is 8.97. The predicted molar refractivity (Wildman–Crippen MR) is 60.6 cm³/mol. The van der Waals surface area contributed by atoms with Gasteiger partial charge in [-0.15, -0.1) is 11.3 Å². The van der Waals surface area contributed by atoms with Crippen molar-refractivity contribution < 1.29 is 0 Å². The van der Waals surface area contributed by atoms with E-state index in [2.05, 4.69) is 34.2 Å². The van der Waals surface area contributed by atoms with Crippen molar-refractivity contribution in [1.29, 1.82) is 0 Å². The van der Waals surface area contributed by atoms with Crippen molar-refractivity contribution in [3.8, 4) is 0 Å². The minimum Gasteiger partial charge on any atom is -0.289 e. The van der Waals surface area contributed by atoms with Crippen LogP contribution < -0.4 is 10.9 Å². The van der Waals surface area contributed by atoms with E-state index in [1.165, 1.54) is 5.56 Å². The van der Waals surface area contributed by atoms with Gasteiger partial charge in [-0.05, 0) is 23.9 Å². The van der Waals surface area contributed by atoms with Crippen LogP contribution in [0, 0.1) is 6.92 Å². The fourth-order valence-electron chi connectivity index (χ4n) is 1.02. The monoisotopic (exact) mass is 213 g/mol. The Morgan fingerprint density at radius 3 is 3.00 bits per heavy atom. The van der Waals surface area contributed by atoms with Gasteiger partial charge in [0.05, 0.1) is 6.54 Å². The summed E-state index contributed by atoms with van der Waals surface area (Å²) in [4.78, 5) is 4.28. The van der Waals surface area contributed by atoms with Crippen LogP contribution in [0.15, 0.2) is 16.4 Å². The number of aryl methyl sites for hydroxylation is 1. The quantitative estimate of drug-likeness (QED) is 0.738. The first-order chi connectivity index (χ1) is 6.36. The summed E-state index contributed by atoms with van der Waals surface area (Å²) >= 11 is 3.45. The first-order valence-electron chi connectivity index (χ1n) is 4.09. The Bertz CT molecular complexity index is 319. The second-order valence-corrected chi connectivity index (χ2v) is 4.72. The Labute approximate surface area is 85.6 Å². The van der Waals surface area contributed by atoms with E-state index in [1.807, 2.05) is 0 Å². The normalized spacial score (nSPS) is 15.6. The Kier molecular flexibility index (Phi) is 2.75. The summed E-state index contributed by atoms with van der Waals surface area (Å²) in [6.45, 7) is 3.02. The summed E-state index contributed by atoms with van der Waals surface area (Å²) < 4.78 is 0. The number of thioether (sulfide) groups is 1. The topological polar surface area (TPSA) is 36.4 Å². The molecule has 5 heteroatoms. The molecule has 2 heterocycles. The summed E-state index contributed by atoms with van der Waals surface area (Å²) in [5.74, 6) is 1.09. The summed E-state index contributed by atoms with van der Waals surface area (Å²) in [6.07, 6.45) is 0. The third-order valence-electron chi connectivity index (χ3n) is 1.73. The second kappa shape index (κ2) is 4.02. The van der Waals surface area contributed by atoms with Gasteiger partial charge in [0, 0.05) is 5.75 Å². The SMILES string of the molecule is Cc1ccsc1NNC1=NCCS1. The molecule has 2 N–H and O–H groups in total. The van der Waals surface area contributed by atoms with Crippen molar-refractivity contribution in [3.05, 3.63) is 17.0 Å². The van der Waals surface area contributed by atoms with E-state index in [1.54, 1.807) is 23.1 Å². The molecule has 0 bridgehead atoms. The lowest BCUT2D eigenvalue weighted by Gasteiger charge is -2.06. The molecule has 0 spiro atoms. The molecule has 3 nitrogen and oxygen atoms in total. The molecule has 0 aliphatic carbocycles. The molecule has 0 radical (unpaired) electrons. The van der Waals surface area contributed by atoms with Crippen LogP contribution in [0.25, 0.3) is 0 Å². The highest BCUT2D eigenvalue weighted by Crippen LogP contribution is 2.21. The molecule has 1 aliphatic rings. The molecule has 70 valence electrons. The van der Waals surface area contributed by atoms with Gasteiger partial charge in [0.2, 0.25) is 0 Å². The van der Waals surface area contributed by atoms with E-state index in [9.17, 15) is 0 Å². The smallest absolute Gasteiger partial charge is 0.175 e. The van der Waals surface area contributed by atoms with Crippen LogP contribution in [0.5, 0.6) is 0 Å². The molecule has 13 heavy (non-hydrogen) atoms. The number of anilines is 1. The number of thiophene rings is 1. The van der Waals surface area contributed by atoms with E-state index in [0.717, 1.165) is 22.5 Å². The molecule has 0 aromatic carbocycles. The molecule has 1 aromatic heterocycles. The van der Waals surface area contributed by atoms with E-state index >= 15 is 0 Å². The van der Waals surface area contributed by atoms with Gasteiger partial charge in [0.25, 0.3) is 0 Å². The number of nitrogens with zero attached hydrogens (tertiary/aromatic N) is 1. The summed E-state index contributed by atoms with van der Waals surface area (Å²) in [7, 11) is 0. The van der Waals surface area contributed by atoms with Crippen molar-refractivity contribution in [2.45, 2.75) is 6.92 Å². The van der Waals surface area contributed by atoms with Crippen LogP contribution in [-0.4, -0.2) is 17.5 Å². The maximum atomic E-state index is 4.28. The average Bonchev–Trinajstić information content (AvgIpc) is 2.72. The molecule has 0 unspecified atom stereocenters. The molecular formula is C8H11N3S2. The van der Waals surface area contributed by atoms with Crippen LogP contribution >= 0.6 is 23.1 Å². The Balaban J connectivity index is 1.89. The van der Waals surface area contributed by atoms with Crippen molar-refractivity contribution in [2.75, 3.05) is 17.7 Å². The number of hydrogen-bond donors (Lipinski definition) is 2. The second-order valence-electron chi connectivity index (χ2n) is 2.72. The number of nitrogens with one attached hydrogen (secondary N) is 2. The Morgan fingerprint density at radius 1 is 1.46 bits per heavy atom. The predicted octanol–water partition coefficient (Wildman–Crippen LogP) is 2.08. The molecule has 1 aliphatic heterocycles. The van der Waals surface area contributed by atoms with Crippen LogP contribution in [0.3, 0.4) is 0 Å². The number of rotatable bonds is 2. The van der Waals surface area contributed by atoms with Crippen molar-refractivity contribution in [2.24, 2.45) is 4.99 Å². The maximum absolute atomic E-state index is 4.28. The highest BCUT2D eigenvalue weighted by molar-refractivity contribution is 8.14. The van der Waals surface area contributed by atoms with Crippen LogP contribution in [0.1, 0.15) is 5.56 Å². The summed E-state index contributed by atoms with van der Waals surface area (Å²) in [6, 6.07) is 2.10. The zero-order chi connectivity index (χ0) is 9.10. The minimum absolute atomic E-state index is 0.929. The van der Waals surface area contributed by atoms with Gasteiger partial charge in [-0.1, -0.05) is 11.8 Å². The summed E-state index contributed by atoms with van der Waals surface area (Å²) in [5.41, 5.74) is 7.51. The molecule has 0 saturated heterocycles. The average molecular weight is 213 g/mol. The van der Waals surface area contributed by atoms with Gasteiger partial charge < -0.3 is 0 Å². The number of aliphatic imine (C=N–C) groups is 1. The standard InChI is InChI=1S/C8H11N3S2/c1-6-2-4-12-7(6)10-11-8-9-3-5-13-8/h2,4,10H,3,5H2,1H3,(H,9,11). The van der Waals surface area contributed by atoms with Gasteiger partial charge >= 0.3 is 0 Å². The maximum Gasteiger partial charge on any atom is 0.175 e. The summed E-state index contributed by atoms with van der Waals surface area (Å²) in [5, 5.41) is 4.23. The molecule has 0 amide bonds. The molecule has 1 aromatic rings. The van der Waals surface area contributed by atoms with E-state index in [-0.39, 0.29) is 0 Å². The molecular weight excluding hydrogens is 202 g/mol. The van der Waals surface area contributed by atoms with Gasteiger partial charge in [-0.2, -0.15) is 0 Å². The lowest BCUT2D eigenvalue weighted by Crippen LogP contribution is -2.25. The van der Waals surface area contributed by atoms with Crippen molar-refractivity contribution >= 4 is 33.3 Å². The van der Waals surface area contributed by atoms with E-state index in [4.69, 9.17) is 0 Å². The van der Waals surface area contributed by atoms with E-state index in [0.29, 0.717) is 0 Å². The lowest BCUT2D eigenvalue weighted by atomic mass is 10.4. The number of amidine groups is 1.